The topological polar surface area (TPSA) is 64.6 Å². The van der Waals surface area contributed by atoms with Gasteiger partial charge in [0.05, 0.1) is 19.8 Å². The Morgan fingerprint density at radius 3 is 1.18 bits per heavy atom. The maximum atomic E-state index is 6.67. The van der Waals surface area contributed by atoms with Gasteiger partial charge in [-0.3, -0.25) is 0 Å². The monoisotopic (exact) mass is 494 g/mol. The SMILES string of the molecule is CCCCOC(C)(OC)C(OCCCC)(OCCCC)[Si](OCCC)(OCCC)OCCC. The van der Waals surface area contributed by atoms with Gasteiger partial charge < -0.3 is 32.2 Å². The van der Waals surface area contributed by atoms with Crippen LogP contribution in [0.1, 0.15) is 106 Å². The Bertz CT molecular complexity index is 421. The molecule has 0 bridgehead atoms. The highest BCUT2D eigenvalue weighted by Crippen LogP contribution is 2.43. The van der Waals surface area contributed by atoms with Crippen molar-refractivity contribution in [2.24, 2.45) is 0 Å². The molecule has 0 aliphatic carbocycles. The fourth-order valence-electron chi connectivity index (χ4n) is 3.30. The predicted molar refractivity (Wildman–Crippen MR) is 135 cm³/mol. The highest BCUT2D eigenvalue weighted by atomic mass is 28.4. The third kappa shape index (κ3) is 9.84. The van der Waals surface area contributed by atoms with Gasteiger partial charge in [-0.2, -0.15) is 0 Å². The lowest BCUT2D eigenvalue weighted by atomic mass is 10.2. The van der Waals surface area contributed by atoms with Crippen molar-refractivity contribution in [1.29, 1.82) is 0 Å². The summed E-state index contributed by atoms with van der Waals surface area (Å²) < 4.78 is 45.5. The normalized spacial score (nSPS) is 14.5. The van der Waals surface area contributed by atoms with Gasteiger partial charge in [0.1, 0.15) is 0 Å². The Morgan fingerprint density at radius 2 is 0.879 bits per heavy atom. The number of hydrogen-bond donors (Lipinski definition) is 0. The lowest BCUT2D eigenvalue weighted by Gasteiger charge is -2.51. The van der Waals surface area contributed by atoms with Crippen molar-refractivity contribution in [1.82, 2.24) is 0 Å². The number of hydrogen-bond acceptors (Lipinski definition) is 7. The molecule has 0 spiro atoms. The van der Waals surface area contributed by atoms with E-state index in [4.69, 9.17) is 32.2 Å². The molecule has 1 atom stereocenters. The molecule has 0 radical (unpaired) electrons. The molecular formula is C25H54O7Si. The first kappa shape index (κ1) is 32.9. The van der Waals surface area contributed by atoms with Crippen LogP contribution in [0.3, 0.4) is 0 Å². The van der Waals surface area contributed by atoms with E-state index in [-0.39, 0.29) is 0 Å². The zero-order chi connectivity index (χ0) is 25.1. The number of methoxy groups -OCH3 is 1. The minimum atomic E-state index is -3.65. The molecule has 0 heterocycles. The van der Waals surface area contributed by atoms with Crippen LogP contribution in [0, 0.1) is 0 Å². The van der Waals surface area contributed by atoms with E-state index < -0.39 is 20.0 Å². The molecule has 200 valence electrons. The van der Waals surface area contributed by atoms with E-state index in [1.165, 1.54) is 0 Å². The molecule has 0 aliphatic rings. The molecule has 0 fully saturated rings. The molecule has 0 aromatic carbocycles. The highest BCUT2D eigenvalue weighted by molar-refractivity contribution is 6.64. The van der Waals surface area contributed by atoms with E-state index in [9.17, 15) is 0 Å². The summed E-state index contributed by atoms with van der Waals surface area (Å²) in [5, 5.41) is 0. The second-order valence-corrected chi connectivity index (χ2v) is 11.1. The van der Waals surface area contributed by atoms with E-state index in [1.807, 2.05) is 6.92 Å². The molecule has 0 aliphatic heterocycles. The largest absolute Gasteiger partial charge is 0.569 e. The molecule has 0 amide bonds. The van der Waals surface area contributed by atoms with Crippen molar-refractivity contribution in [2.45, 2.75) is 117 Å². The van der Waals surface area contributed by atoms with Crippen LogP contribution in [0.4, 0.5) is 0 Å². The summed E-state index contributed by atoms with van der Waals surface area (Å²) in [4.78, 5) is 0. The molecule has 0 aromatic rings. The lowest BCUT2D eigenvalue weighted by molar-refractivity contribution is -0.382. The summed E-state index contributed by atoms with van der Waals surface area (Å²) >= 11 is 0. The van der Waals surface area contributed by atoms with Crippen molar-refractivity contribution in [3.8, 4) is 0 Å². The Hall–Kier alpha value is -0.0631. The summed E-state index contributed by atoms with van der Waals surface area (Å²) in [6.45, 7) is 17.4. The van der Waals surface area contributed by atoms with E-state index in [2.05, 4.69) is 41.5 Å². The minimum absolute atomic E-state index is 0.466. The zero-order valence-electron chi connectivity index (χ0n) is 23.0. The first-order valence-corrected chi connectivity index (χ1v) is 15.0. The van der Waals surface area contributed by atoms with Gasteiger partial charge in [-0.25, -0.2) is 0 Å². The van der Waals surface area contributed by atoms with Gasteiger partial charge >= 0.3 is 8.80 Å². The smallest absolute Gasteiger partial charge is 0.370 e. The maximum absolute atomic E-state index is 6.67. The van der Waals surface area contributed by atoms with Crippen molar-refractivity contribution in [3.63, 3.8) is 0 Å². The first-order chi connectivity index (χ1) is 15.9. The van der Waals surface area contributed by atoms with Gasteiger partial charge in [-0.05, 0) is 45.4 Å². The standard InChI is InChI=1S/C25H54O7Si/c1-9-15-21-27-24(7,26-8)25(28-22-16-10-2,29-23-17-11-3)33(30-18-12-4,31-19-13-5)32-20-14-6/h9-23H2,1-8H3. The van der Waals surface area contributed by atoms with Gasteiger partial charge in [0, 0.05) is 26.9 Å². The van der Waals surface area contributed by atoms with Crippen LogP contribution in [-0.4, -0.2) is 66.8 Å². The molecule has 0 rings (SSSR count). The van der Waals surface area contributed by atoms with Crippen LogP contribution in [0.25, 0.3) is 0 Å². The van der Waals surface area contributed by atoms with Gasteiger partial charge in [-0.1, -0.05) is 60.8 Å². The fourth-order valence-corrected chi connectivity index (χ4v) is 6.82. The molecule has 0 saturated carbocycles. The minimum Gasteiger partial charge on any atom is -0.370 e. The Morgan fingerprint density at radius 1 is 0.515 bits per heavy atom. The van der Waals surface area contributed by atoms with Crippen LogP contribution >= 0.6 is 0 Å². The Labute approximate surface area is 205 Å². The van der Waals surface area contributed by atoms with E-state index >= 15 is 0 Å². The van der Waals surface area contributed by atoms with Crippen LogP contribution in [0.2, 0.25) is 0 Å². The van der Waals surface area contributed by atoms with Crippen molar-refractivity contribution < 1.29 is 32.2 Å². The van der Waals surface area contributed by atoms with Crippen LogP contribution in [0.15, 0.2) is 0 Å². The van der Waals surface area contributed by atoms with E-state index in [1.54, 1.807) is 7.11 Å². The summed E-state index contributed by atoms with van der Waals surface area (Å²) in [7, 11) is -2.02. The van der Waals surface area contributed by atoms with Crippen molar-refractivity contribution in [2.75, 3.05) is 46.8 Å². The lowest BCUT2D eigenvalue weighted by Crippen LogP contribution is -2.77. The average Bonchev–Trinajstić information content (AvgIpc) is 2.83. The molecule has 8 heteroatoms. The van der Waals surface area contributed by atoms with E-state index in [0.29, 0.717) is 39.6 Å². The summed E-state index contributed by atoms with van der Waals surface area (Å²) in [6, 6.07) is 0. The van der Waals surface area contributed by atoms with Crippen LogP contribution in [0.5, 0.6) is 0 Å². The van der Waals surface area contributed by atoms with Gasteiger partial charge in [0.15, 0.2) is 0 Å². The van der Waals surface area contributed by atoms with E-state index in [0.717, 1.165) is 57.8 Å². The Balaban J connectivity index is 6.78. The second kappa shape index (κ2) is 19.2. The molecule has 0 aromatic heterocycles. The number of unbranched alkanes of at least 4 members (excludes halogenated alkanes) is 3. The highest BCUT2D eigenvalue weighted by Gasteiger charge is 2.74. The molecule has 33 heavy (non-hydrogen) atoms. The summed E-state index contributed by atoms with van der Waals surface area (Å²) in [5.41, 5.74) is -1.45. The van der Waals surface area contributed by atoms with Crippen LogP contribution in [-0.2, 0) is 32.2 Å². The van der Waals surface area contributed by atoms with Crippen molar-refractivity contribution in [3.05, 3.63) is 0 Å². The summed E-state index contributed by atoms with van der Waals surface area (Å²) in [5.74, 6) is -1.27. The number of ether oxygens (including phenoxy) is 4. The predicted octanol–water partition coefficient (Wildman–Crippen LogP) is 6.25. The quantitative estimate of drug-likeness (QED) is 0.0892. The number of rotatable bonds is 24. The molecular weight excluding hydrogens is 440 g/mol. The van der Waals surface area contributed by atoms with Crippen LogP contribution < -0.4 is 0 Å². The zero-order valence-corrected chi connectivity index (χ0v) is 24.0. The van der Waals surface area contributed by atoms with Gasteiger partial charge in [-0.15, -0.1) is 0 Å². The molecule has 1 unspecified atom stereocenters. The third-order valence-corrected chi connectivity index (χ3v) is 8.66. The van der Waals surface area contributed by atoms with Gasteiger partial charge in [0.25, 0.3) is 5.41 Å². The maximum Gasteiger partial charge on any atom is 0.569 e. The first-order valence-electron chi connectivity index (χ1n) is 13.3. The van der Waals surface area contributed by atoms with Crippen molar-refractivity contribution >= 4 is 8.80 Å². The summed E-state index contributed by atoms with van der Waals surface area (Å²) in [6.07, 6.45) is 8.08. The fraction of sp³-hybridized carbons (Fsp3) is 1.00. The Kier molecular flexibility index (Phi) is 19.1. The third-order valence-electron chi connectivity index (χ3n) is 5.36. The van der Waals surface area contributed by atoms with Gasteiger partial charge in [0.2, 0.25) is 5.79 Å². The average molecular weight is 495 g/mol. The molecule has 7 nitrogen and oxygen atoms in total. The molecule has 0 saturated heterocycles. The second-order valence-electron chi connectivity index (χ2n) is 8.47. The molecule has 0 N–H and O–H groups in total.